The molecule has 0 amide bonds. The number of halogens is 2. The molecule has 0 saturated carbocycles. The third-order valence-electron chi connectivity index (χ3n) is 3.25. The molecule has 0 bridgehead atoms. The summed E-state index contributed by atoms with van der Waals surface area (Å²) >= 11 is 0. The zero-order valence-corrected chi connectivity index (χ0v) is 10.6. The van der Waals surface area contributed by atoms with E-state index in [1.165, 1.54) is 18.2 Å². The number of nitrogens with two attached hydrogens (primary N) is 1. The molecule has 1 aliphatic heterocycles. The summed E-state index contributed by atoms with van der Waals surface area (Å²) in [6, 6.07) is 8.79. The number of hydrogen-bond acceptors (Lipinski definition) is 3. The molecule has 2 aromatic carbocycles. The predicted octanol–water partition coefficient (Wildman–Crippen LogP) is 2.94. The molecular weight excluding hydrogens is 264 g/mol. The van der Waals surface area contributed by atoms with Crippen molar-refractivity contribution in [1.29, 1.82) is 0 Å². The maximum absolute atomic E-state index is 13.5. The van der Waals surface area contributed by atoms with Gasteiger partial charge in [-0.3, -0.25) is 0 Å². The molecule has 5 heteroatoms. The van der Waals surface area contributed by atoms with Gasteiger partial charge in [-0.25, -0.2) is 8.78 Å². The number of hydrogen-bond donors (Lipinski definition) is 1. The molecule has 3 rings (SSSR count). The Bertz CT molecular complexity index is 626. The smallest absolute Gasteiger partial charge is 0.132 e. The van der Waals surface area contributed by atoms with Crippen LogP contribution in [0, 0.1) is 11.6 Å². The number of benzene rings is 2. The minimum Gasteiger partial charge on any atom is -0.491 e. The van der Waals surface area contributed by atoms with Crippen LogP contribution < -0.4 is 15.2 Å². The molecule has 2 N–H and O–H groups in total. The molecule has 0 fully saturated rings. The SMILES string of the molecule is NC1COc2cc(OCc3c(F)cccc3F)ccc21. The van der Waals surface area contributed by atoms with Crippen molar-refractivity contribution in [3.05, 3.63) is 59.2 Å². The van der Waals surface area contributed by atoms with Crippen molar-refractivity contribution in [3.8, 4) is 11.5 Å². The first kappa shape index (κ1) is 12.9. The second-order valence-electron chi connectivity index (χ2n) is 4.61. The Morgan fingerprint density at radius 3 is 2.70 bits per heavy atom. The Morgan fingerprint density at radius 2 is 1.95 bits per heavy atom. The molecule has 0 spiro atoms. The highest BCUT2D eigenvalue weighted by Crippen LogP contribution is 2.34. The fraction of sp³-hybridized carbons (Fsp3) is 0.200. The molecule has 3 nitrogen and oxygen atoms in total. The Morgan fingerprint density at radius 1 is 1.20 bits per heavy atom. The zero-order valence-electron chi connectivity index (χ0n) is 10.6. The van der Waals surface area contributed by atoms with E-state index in [-0.39, 0.29) is 18.2 Å². The van der Waals surface area contributed by atoms with E-state index in [2.05, 4.69) is 0 Å². The molecule has 0 aliphatic carbocycles. The topological polar surface area (TPSA) is 44.5 Å². The van der Waals surface area contributed by atoms with Crippen molar-refractivity contribution in [2.75, 3.05) is 6.61 Å². The molecule has 1 aliphatic rings. The van der Waals surface area contributed by atoms with Crippen LogP contribution in [0.2, 0.25) is 0 Å². The van der Waals surface area contributed by atoms with Gasteiger partial charge >= 0.3 is 0 Å². The van der Waals surface area contributed by atoms with E-state index in [4.69, 9.17) is 15.2 Å². The molecule has 0 aromatic heterocycles. The van der Waals surface area contributed by atoms with Crippen LogP contribution in [0.1, 0.15) is 17.2 Å². The second kappa shape index (κ2) is 5.09. The Kier molecular flexibility index (Phi) is 3.28. The van der Waals surface area contributed by atoms with Crippen LogP contribution in [0.3, 0.4) is 0 Å². The Hall–Kier alpha value is -2.14. The highest BCUT2D eigenvalue weighted by molar-refractivity contribution is 5.44. The fourth-order valence-electron chi connectivity index (χ4n) is 2.13. The van der Waals surface area contributed by atoms with Crippen molar-refractivity contribution in [2.45, 2.75) is 12.6 Å². The number of rotatable bonds is 3. The van der Waals surface area contributed by atoms with Gasteiger partial charge in [-0.15, -0.1) is 0 Å². The molecule has 0 saturated heterocycles. The summed E-state index contributed by atoms with van der Waals surface area (Å²) in [6.07, 6.45) is 0. The lowest BCUT2D eigenvalue weighted by atomic mass is 10.1. The van der Waals surface area contributed by atoms with Gasteiger partial charge in [0, 0.05) is 11.6 Å². The molecule has 1 unspecified atom stereocenters. The third-order valence-corrected chi connectivity index (χ3v) is 3.25. The fourth-order valence-corrected chi connectivity index (χ4v) is 2.13. The van der Waals surface area contributed by atoms with Crippen LogP contribution in [-0.2, 0) is 6.61 Å². The van der Waals surface area contributed by atoms with Crippen LogP contribution in [-0.4, -0.2) is 6.61 Å². The average molecular weight is 277 g/mol. The van der Waals surface area contributed by atoms with Crippen LogP contribution >= 0.6 is 0 Å². The lowest BCUT2D eigenvalue weighted by Crippen LogP contribution is -2.10. The highest BCUT2D eigenvalue weighted by atomic mass is 19.1. The molecule has 104 valence electrons. The molecular formula is C15H13F2NO2. The van der Waals surface area contributed by atoms with E-state index in [9.17, 15) is 8.78 Å². The maximum atomic E-state index is 13.5. The van der Waals surface area contributed by atoms with E-state index in [1.54, 1.807) is 18.2 Å². The number of fused-ring (bicyclic) bond motifs is 1. The summed E-state index contributed by atoms with van der Waals surface area (Å²) in [5.74, 6) is -0.0987. The van der Waals surface area contributed by atoms with Gasteiger partial charge in [-0.2, -0.15) is 0 Å². The summed E-state index contributed by atoms with van der Waals surface area (Å²) in [5.41, 5.74) is 6.66. The monoisotopic (exact) mass is 277 g/mol. The van der Waals surface area contributed by atoms with Crippen molar-refractivity contribution >= 4 is 0 Å². The van der Waals surface area contributed by atoms with Crippen LogP contribution in [0.5, 0.6) is 11.5 Å². The minimum absolute atomic E-state index is 0.0920. The van der Waals surface area contributed by atoms with Gasteiger partial charge < -0.3 is 15.2 Å². The van der Waals surface area contributed by atoms with Crippen molar-refractivity contribution < 1.29 is 18.3 Å². The first-order chi connectivity index (χ1) is 9.65. The normalized spacial score (nSPS) is 16.6. The van der Waals surface area contributed by atoms with Gasteiger partial charge in [0.2, 0.25) is 0 Å². The van der Waals surface area contributed by atoms with E-state index in [1.807, 2.05) is 0 Å². The van der Waals surface area contributed by atoms with E-state index < -0.39 is 11.6 Å². The van der Waals surface area contributed by atoms with Crippen molar-refractivity contribution in [3.63, 3.8) is 0 Å². The van der Waals surface area contributed by atoms with Gasteiger partial charge in [0.25, 0.3) is 0 Å². The van der Waals surface area contributed by atoms with Crippen molar-refractivity contribution in [1.82, 2.24) is 0 Å². The van der Waals surface area contributed by atoms with Gasteiger partial charge in [0.1, 0.15) is 36.3 Å². The first-order valence-electron chi connectivity index (χ1n) is 6.23. The van der Waals surface area contributed by atoms with Crippen LogP contribution in [0.4, 0.5) is 8.78 Å². The van der Waals surface area contributed by atoms with Crippen molar-refractivity contribution in [2.24, 2.45) is 5.73 Å². The third kappa shape index (κ3) is 2.32. The van der Waals surface area contributed by atoms with E-state index >= 15 is 0 Å². The largest absolute Gasteiger partial charge is 0.491 e. The van der Waals surface area contributed by atoms with Crippen LogP contribution in [0.15, 0.2) is 36.4 Å². The summed E-state index contributed by atoms with van der Waals surface area (Å²) in [5, 5.41) is 0. The lowest BCUT2D eigenvalue weighted by Gasteiger charge is -2.09. The van der Waals surface area contributed by atoms with Gasteiger partial charge in [-0.1, -0.05) is 6.07 Å². The molecule has 1 atom stereocenters. The quantitative estimate of drug-likeness (QED) is 0.938. The Balaban J connectivity index is 1.76. The lowest BCUT2D eigenvalue weighted by molar-refractivity contribution is 0.289. The summed E-state index contributed by atoms with van der Waals surface area (Å²) in [6.45, 7) is 0.254. The van der Waals surface area contributed by atoms with Gasteiger partial charge in [0.15, 0.2) is 0 Å². The molecule has 2 aromatic rings. The Labute approximate surface area is 114 Å². The molecule has 20 heavy (non-hydrogen) atoms. The minimum atomic E-state index is -0.621. The second-order valence-corrected chi connectivity index (χ2v) is 4.61. The molecule has 1 heterocycles. The van der Waals surface area contributed by atoms with E-state index in [0.717, 1.165) is 5.56 Å². The van der Waals surface area contributed by atoms with Crippen LogP contribution in [0.25, 0.3) is 0 Å². The summed E-state index contributed by atoms with van der Waals surface area (Å²) in [7, 11) is 0. The average Bonchev–Trinajstić information content (AvgIpc) is 2.79. The van der Waals surface area contributed by atoms with E-state index in [0.29, 0.717) is 18.1 Å². The highest BCUT2D eigenvalue weighted by Gasteiger charge is 2.21. The van der Waals surface area contributed by atoms with Gasteiger partial charge in [0.05, 0.1) is 11.6 Å². The zero-order chi connectivity index (χ0) is 14.1. The maximum Gasteiger partial charge on any atom is 0.132 e. The first-order valence-corrected chi connectivity index (χ1v) is 6.23. The molecule has 0 radical (unpaired) electrons. The standard InChI is InChI=1S/C15H13F2NO2/c16-12-2-1-3-13(17)11(12)7-19-9-4-5-10-14(18)8-20-15(10)6-9/h1-6,14H,7-8,18H2. The van der Waals surface area contributed by atoms with Gasteiger partial charge in [-0.05, 0) is 24.3 Å². The summed E-state index contributed by atoms with van der Waals surface area (Å²) < 4.78 is 37.7. The summed E-state index contributed by atoms with van der Waals surface area (Å²) in [4.78, 5) is 0. The predicted molar refractivity (Wildman–Crippen MR) is 69.6 cm³/mol. The number of ether oxygens (including phenoxy) is 2.